The van der Waals surface area contributed by atoms with Gasteiger partial charge in [0.15, 0.2) is 5.82 Å². The van der Waals surface area contributed by atoms with Crippen LogP contribution in [0.15, 0.2) is 6.20 Å². The summed E-state index contributed by atoms with van der Waals surface area (Å²) in [6.07, 6.45) is -3.63. The maximum absolute atomic E-state index is 12.8. The van der Waals surface area contributed by atoms with Crippen LogP contribution in [0, 0.1) is 0 Å². The monoisotopic (exact) mass is 266 g/mol. The molecule has 17 heavy (non-hydrogen) atoms. The van der Waals surface area contributed by atoms with E-state index in [1.807, 2.05) is 5.32 Å². The molecule has 2 rings (SSSR count). The highest BCUT2D eigenvalue weighted by Gasteiger charge is 2.59. The average molecular weight is 267 g/mol. The van der Waals surface area contributed by atoms with E-state index in [1.165, 1.54) is 0 Å². The molecule has 2 N–H and O–H groups in total. The zero-order valence-electron chi connectivity index (χ0n) is 8.39. The van der Waals surface area contributed by atoms with Crippen molar-refractivity contribution in [3.63, 3.8) is 0 Å². The first-order valence-electron chi connectivity index (χ1n) is 4.43. The molecule has 1 aliphatic heterocycles. The van der Waals surface area contributed by atoms with Gasteiger partial charge in [-0.05, 0) is 18.5 Å². The summed E-state index contributed by atoms with van der Waals surface area (Å²) in [5.41, 5.74) is -2.68. The summed E-state index contributed by atoms with van der Waals surface area (Å²) < 4.78 is 38.3. The van der Waals surface area contributed by atoms with Gasteiger partial charge in [-0.25, -0.2) is 4.98 Å². The summed E-state index contributed by atoms with van der Waals surface area (Å²) in [6.45, 7) is 0.723. The molecule has 2 heterocycles. The maximum atomic E-state index is 12.8. The molecule has 1 amide bonds. The second-order valence-corrected chi connectivity index (χ2v) is 3.94. The van der Waals surface area contributed by atoms with Gasteiger partial charge in [-0.3, -0.25) is 4.79 Å². The third-order valence-corrected chi connectivity index (χ3v) is 2.58. The number of rotatable bonds is 0. The highest BCUT2D eigenvalue weighted by Crippen LogP contribution is 2.38. The topological polar surface area (TPSA) is 66.9 Å². The van der Waals surface area contributed by atoms with Crippen molar-refractivity contribution in [2.24, 2.45) is 0 Å². The minimum atomic E-state index is -4.76. The molecule has 92 valence electrons. The predicted octanol–water partition coefficient (Wildman–Crippen LogP) is 1.81. The van der Waals surface area contributed by atoms with Crippen LogP contribution in [0.4, 0.5) is 24.7 Å². The van der Waals surface area contributed by atoms with Crippen LogP contribution in [-0.4, -0.2) is 27.6 Å². The quantitative estimate of drug-likeness (QED) is 0.703. The summed E-state index contributed by atoms with van der Waals surface area (Å²) in [6, 6.07) is 0. The predicted molar refractivity (Wildman–Crippen MR) is 53.8 cm³/mol. The molecule has 1 aromatic heterocycles. The van der Waals surface area contributed by atoms with Gasteiger partial charge in [0, 0.05) is 0 Å². The first kappa shape index (κ1) is 11.9. The van der Waals surface area contributed by atoms with Gasteiger partial charge in [-0.2, -0.15) is 18.2 Å². The zero-order chi connectivity index (χ0) is 12.8. The SMILES string of the molecule is CC1(C(F)(F)F)Nc2nc(Cl)ncc2NC1=O. The summed E-state index contributed by atoms with van der Waals surface area (Å²) in [7, 11) is 0. The molecular weight excluding hydrogens is 261 g/mol. The van der Waals surface area contributed by atoms with Crippen molar-refractivity contribution < 1.29 is 18.0 Å². The molecule has 0 bridgehead atoms. The summed E-state index contributed by atoms with van der Waals surface area (Å²) in [5.74, 6) is -1.38. The zero-order valence-corrected chi connectivity index (χ0v) is 9.15. The highest BCUT2D eigenvalue weighted by molar-refractivity contribution is 6.28. The maximum Gasteiger partial charge on any atom is 0.420 e. The molecule has 1 unspecified atom stereocenters. The standard InChI is InChI=1S/C8H6ClF3N4O/c1-7(8(10,11)12)5(17)14-3-2-13-6(9)15-4(3)16-7/h2H,1H3,(H,14,17)(H,13,15,16). The van der Waals surface area contributed by atoms with Gasteiger partial charge < -0.3 is 10.6 Å². The van der Waals surface area contributed by atoms with Crippen LogP contribution in [0.3, 0.4) is 0 Å². The molecule has 0 radical (unpaired) electrons. The van der Waals surface area contributed by atoms with Gasteiger partial charge in [0.1, 0.15) is 5.69 Å². The molecule has 9 heteroatoms. The van der Waals surface area contributed by atoms with Gasteiger partial charge in [0.2, 0.25) is 10.8 Å². The summed E-state index contributed by atoms with van der Waals surface area (Å²) in [5, 5.41) is 3.90. The lowest BCUT2D eigenvalue weighted by Gasteiger charge is -2.35. The van der Waals surface area contributed by atoms with Crippen molar-refractivity contribution in [2.75, 3.05) is 10.6 Å². The molecule has 1 atom stereocenters. The number of nitrogens with one attached hydrogen (secondary N) is 2. The van der Waals surface area contributed by atoms with Crippen LogP contribution >= 0.6 is 11.6 Å². The number of hydrogen-bond acceptors (Lipinski definition) is 4. The van der Waals surface area contributed by atoms with Crippen LogP contribution in [0.5, 0.6) is 0 Å². The number of carbonyl (C=O) groups excluding carboxylic acids is 1. The third kappa shape index (κ3) is 1.78. The summed E-state index contributed by atoms with van der Waals surface area (Å²) in [4.78, 5) is 18.6. The van der Waals surface area contributed by atoms with Crippen molar-refractivity contribution in [1.29, 1.82) is 0 Å². The fraction of sp³-hybridized carbons (Fsp3) is 0.375. The molecule has 0 aromatic carbocycles. The van der Waals surface area contributed by atoms with E-state index >= 15 is 0 Å². The minimum absolute atomic E-state index is 0.0566. The molecule has 0 fully saturated rings. The second-order valence-electron chi connectivity index (χ2n) is 3.60. The van der Waals surface area contributed by atoms with E-state index in [0.717, 1.165) is 13.1 Å². The number of aromatic nitrogens is 2. The Labute approximate surface area is 98.4 Å². The Morgan fingerprint density at radius 1 is 1.47 bits per heavy atom. The lowest BCUT2D eigenvalue weighted by atomic mass is 9.98. The Morgan fingerprint density at radius 2 is 2.12 bits per heavy atom. The number of halogens is 4. The van der Waals surface area contributed by atoms with E-state index in [4.69, 9.17) is 11.6 Å². The number of anilines is 2. The molecule has 0 saturated carbocycles. The smallest absolute Gasteiger partial charge is 0.347 e. The molecule has 5 nitrogen and oxygen atoms in total. The fourth-order valence-corrected chi connectivity index (χ4v) is 1.42. The van der Waals surface area contributed by atoms with Crippen LogP contribution in [-0.2, 0) is 4.79 Å². The number of hydrogen-bond donors (Lipinski definition) is 2. The van der Waals surface area contributed by atoms with E-state index in [1.54, 1.807) is 0 Å². The molecule has 0 saturated heterocycles. The highest BCUT2D eigenvalue weighted by atomic mass is 35.5. The number of amides is 1. The van der Waals surface area contributed by atoms with Gasteiger partial charge in [0.05, 0.1) is 6.20 Å². The normalized spacial score (nSPS) is 23.7. The van der Waals surface area contributed by atoms with Crippen molar-refractivity contribution in [2.45, 2.75) is 18.6 Å². The molecule has 1 aliphatic rings. The molecule has 1 aromatic rings. The van der Waals surface area contributed by atoms with Crippen molar-refractivity contribution >= 4 is 29.0 Å². The van der Waals surface area contributed by atoms with E-state index in [-0.39, 0.29) is 16.8 Å². The first-order valence-corrected chi connectivity index (χ1v) is 4.81. The van der Waals surface area contributed by atoms with Crippen molar-refractivity contribution in [3.8, 4) is 0 Å². The van der Waals surface area contributed by atoms with Crippen LogP contribution in [0.1, 0.15) is 6.92 Å². The number of carbonyl (C=O) groups is 1. The van der Waals surface area contributed by atoms with Gasteiger partial charge in [-0.15, -0.1) is 0 Å². The Balaban J connectivity index is 2.48. The van der Waals surface area contributed by atoms with E-state index in [0.29, 0.717) is 0 Å². The average Bonchev–Trinajstić information content (AvgIpc) is 2.18. The van der Waals surface area contributed by atoms with Gasteiger partial charge in [0.25, 0.3) is 5.91 Å². The van der Waals surface area contributed by atoms with E-state index in [9.17, 15) is 18.0 Å². The molecule has 0 aliphatic carbocycles. The van der Waals surface area contributed by atoms with Gasteiger partial charge >= 0.3 is 6.18 Å². The first-order chi connectivity index (χ1) is 7.74. The molecular formula is C8H6ClF3N4O. The van der Waals surface area contributed by atoms with Crippen LogP contribution < -0.4 is 10.6 Å². The van der Waals surface area contributed by atoms with Crippen molar-refractivity contribution in [1.82, 2.24) is 9.97 Å². The van der Waals surface area contributed by atoms with Crippen LogP contribution in [0.2, 0.25) is 5.28 Å². The van der Waals surface area contributed by atoms with Crippen LogP contribution in [0.25, 0.3) is 0 Å². The van der Waals surface area contributed by atoms with Crippen molar-refractivity contribution in [3.05, 3.63) is 11.5 Å². The third-order valence-electron chi connectivity index (χ3n) is 2.40. The fourth-order valence-electron chi connectivity index (χ4n) is 1.29. The number of alkyl halides is 3. The Kier molecular flexibility index (Phi) is 2.42. The molecule has 0 spiro atoms. The second kappa shape index (κ2) is 3.46. The van der Waals surface area contributed by atoms with E-state index in [2.05, 4.69) is 15.3 Å². The Hall–Kier alpha value is -1.57. The van der Waals surface area contributed by atoms with E-state index < -0.39 is 17.6 Å². The largest absolute Gasteiger partial charge is 0.420 e. The Morgan fingerprint density at radius 3 is 2.71 bits per heavy atom. The lowest BCUT2D eigenvalue weighted by Crippen LogP contribution is -2.60. The summed E-state index contributed by atoms with van der Waals surface area (Å²) >= 11 is 5.46. The number of nitrogens with zero attached hydrogens (tertiary/aromatic N) is 2. The lowest BCUT2D eigenvalue weighted by molar-refractivity contribution is -0.179. The number of fused-ring (bicyclic) bond motifs is 1. The van der Waals surface area contributed by atoms with Gasteiger partial charge in [-0.1, -0.05) is 0 Å². The minimum Gasteiger partial charge on any atom is -0.347 e. The Bertz CT molecular complexity index is 492.